The third-order valence-corrected chi connectivity index (χ3v) is 4.65. The van der Waals surface area contributed by atoms with Crippen LogP contribution in [-0.2, 0) is 9.59 Å². The van der Waals surface area contributed by atoms with Crippen molar-refractivity contribution in [1.29, 1.82) is 0 Å². The molecule has 1 heterocycles. The van der Waals surface area contributed by atoms with E-state index in [1.54, 1.807) is 0 Å². The molecule has 1 aliphatic carbocycles. The van der Waals surface area contributed by atoms with Crippen molar-refractivity contribution in [2.75, 3.05) is 33.2 Å². The molecule has 1 N–H and O–H groups in total. The molecule has 0 unspecified atom stereocenters. The van der Waals surface area contributed by atoms with E-state index in [9.17, 15) is 9.59 Å². The zero-order valence-electron chi connectivity index (χ0n) is 12.4. The predicted octanol–water partition coefficient (Wildman–Crippen LogP) is 1.43. The van der Waals surface area contributed by atoms with Gasteiger partial charge in [-0.05, 0) is 38.6 Å². The zero-order chi connectivity index (χ0) is 14.5. The molecule has 0 aromatic rings. The molecule has 1 aliphatic heterocycles. The summed E-state index contributed by atoms with van der Waals surface area (Å²) < 4.78 is 0. The summed E-state index contributed by atoms with van der Waals surface area (Å²) in [4.78, 5) is 27.0. The Bertz CT molecular complexity index is 345. The number of amides is 1. The molecule has 0 radical (unpaired) electrons. The van der Waals surface area contributed by atoms with Gasteiger partial charge in [-0.15, -0.1) is 0 Å². The summed E-state index contributed by atoms with van der Waals surface area (Å²) >= 11 is 0. The second-order valence-electron chi connectivity index (χ2n) is 6.34. The largest absolute Gasteiger partial charge is 0.481 e. The van der Waals surface area contributed by atoms with Crippen molar-refractivity contribution in [2.24, 2.45) is 11.8 Å². The van der Waals surface area contributed by atoms with Crippen LogP contribution in [0.2, 0.25) is 0 Å². The molecule has 5 nitrogen and oxygen atoms in total. The maximum absolute atomic E-state index is 12.2. The van der Waals surface area contributed by atoms with Crippen LogP contribution in [-0.4, -0.2) is 60.0 Å². The predicted molar refractivity (Wildman–Crippen MR) is 76.4 cm³/mol. The number of likely N-dealkylation sites (tertiary alicyclic amines) is 1. The third-order valence-electron chi connectivity index (χ3n) is 4.65. The normalized spacial score (nSPS) is 21.6. The average molecular weight is 282 g/mol. The highest BCUT2D eigenvalue weighted by Gasteiger charge is 2.27. The van der Waals surface area contributed by atoms with Crippen LogP contribution < -0.4 is 0 Å². The molecule has 2 rings (SSSR count). The molecular formula is C15H26N2O3. The van der Waals surface area contributed by atoms with Gasteiger partial charge in [0.05, 0.1) is 12.5 Å². The number of carboxylic acids is 1. The van der Waals surface area contributed by atoms with Crippen molar-refractivity contribution >= 4 is 11.9 Å². The summed E-state index contributed by atoms with van der Waals surface area (Å²) in [5, 5.41) is 8.96. The first kappa shape index (κ1) is 15.3. The molecule has 0 bridgehead atoms. The van der Waals surface area contributed by atoms with Gasteiger partial charge in [-0.25, -0.2) is 0 Å². The Kier molecular flexibility index (Phi) is 5.40. The Balaban J connectivity index is 1.70. The number of rotatable bonds is 5. The molecule has 20 heavy (non-hydrogen) atoms. The van der Waals surface area contributed by atoms with Crippen LogP contribution in [0.15, 0.2) is 0 Å². The monoisotopic (exact) mass is 282 g/mol. The quantitative estimate of drug-likeness (QED) is 0.828. The highest BCUT2D eigenvalue weighted by molar-refractivity contribution is 5.78. The molecule has 1 amide bonds. The minimum absolute atomic E-state index is 0.148. The maximum atomic E-state index is 12.2. The molecule has 1 saturated carbocycles. The summed E-state index contributed by atoms with van der Waals surface area (Å²) in [6, 6.07) is 0. The summed E-state index contributed by atoms with van der Waals surface area (Å²) in [5.41, 5.74) is 0. The smallest absolute Gasteiger partial charge is 0.306 e. The number of carboxylic acid groups (broad SMARTS) is 1. The van der Waals surface area contributed by atoms with E-state index < -0.39 is 5.97 Å². The fourth-order valence-corrected chi connectivity index (χ4v) is 3.41. The first-order chi connectivity index (χ1) is 9.56. The van der Waals surface area contributed by atoms with Crippen molar-refractivity contribution in [3.63, 3.8) is 0 Å². The lowest BCUT2D eigenvalue weighted by molar-refractivity contribution is -0.145. The van der Waals surface area contributed by atoms with E-state index in [-0.39, 0.29) is 11.8 Å². The van der Waals surface area contributed by atoms with E-state index in [4.69, 9.17) is 5.11 Å². The number of carbonyl (C=O) groups is 2. The summed E-state index contributed by atoms with van der Waals surface area (Å²) in [6.45, 7) is 2.66. The standard InChI is InChI=1S/C15H26N2O3/c1-16(10-12-4-2-3-5-12)11-14(18)17-8-6-13(7-9-17)15(19)20/h12-13H,2-11H2,1H3,(H,19,20). The first-order valence-electron chi connectivity index (χ1n) is 7.75. The first-order valence-corrected chi connectivity index (χ1v) is 7.75. The molecule has 0 aromatic heterocycles. The van der Waals surface area contributed by atoms with Crippen molar-refractivity contribution in [1.82, 2.24) is 9.80 Å². The number of piperidine rings is 1. The van der Waals surface area contributed by atoms with Gasteiger partial charge in [0.1, 0.15) is 0 Å². The molecule has 5 heteroatoms. The average Bonchev–Trinajstić information content (AvgIpc) is 2.91. The highest BCUT2D eigenvalue weighted by atomic mass is 16.4. The van der Waals surface area contributed by atoms with Gasteiger partial charge in [0.25, 0.3) is 0 Å². The number of carbonyl (C=O) groups excluding carboxylic acids is 1. The lowest BCUT2D eigenvalue weighted by Crippen LogP contribution is -2.45. The van der Waals surface area contributed by atoms with E-state index in [0.717, 1.165) is 12.5 Å². The number of aliphatic carboxylic acids is 1. The minimum Gasteiger partial charge on any atom is -0.481 e. The van der Waals surface area contributed by atoms with Gasteiger partial charge in [-0.1, -0.05) is 12.8 Å². The second kappa shape index (κ2) is 7.07. The molecule has 2 aliphatic rings. The Labute approximate surface area is 120 Å². The van der Waals surface area contributed by atoms with E-state index >= 15 is 0 Å². The van der Waals surface area contributed by atoms with Crippen LogP contribution in [0.1, 0.15) is 38.5 Å². The fourth-order valence-electron chi connectivity index (χ4n) is 3.41. The Morgan fingerprint density at radius 2 is 1.75 bits per heavy atom. The van der Waals surface area contributed by atoms with Crippen LogP contribution in [0, 0.1) is 11.8 Å². The van der Waals surface area contributed by atoms with Crippen molar-refractivity contribution in [3.05, 3.63) is 0 Å². The number of hydrogen-bond donors (Lipinski definition) is 1. The molecule has 0 spiro atoms. The van der Waals surface area contributed by atoms with Crippen molar-refractivity contribution in [3.8, 4) is 0 Å². The number of hydrogen-bond acceptors (Lipinski definition) is 3. The van der Waals surface area contributed by atoms with Gasteiger partial charge in [-0.2, -0.15) is 0 Å². The van der Waals surface area contributed by atoms with E-state index in [1.807, 2.05) is 11.9 Å². The molecular weight excluding hydrogens is 256 g/mol. The van der Waals surface area contributed by atoms with Gasteiger partial charge in [0.2, 0.25) is 5.91 Å². The zero-order valence-corrected chi connectivity index (χ0v) is 12.4. The summed E-state index contributed by atoms with van der Waals surface area (Å²) in [6.07, 6.45) is 6.43. The summed E-state index contributed by atoms with van der Waals surface area (Å²) in [5.74, 6) is -0.0920. The fraction of sp³-hybridized carbons (Fsp3) is 0.867. The Hall–Kier alpha value is -1.10. The van der Waals surface area contributed by atoms with Crippen LogP contribution in [0.3, 0.4) is 0 Å². The molecule has 0 aromatic carbocycles. The molecule has 0 atom stereocenters. The summed E-state index contributed by atoms with van der Waals surface area (Å²) in [7, 11) is 2.01. The van der Waals surface area contributed by atoms with Crippen LogP contribution in [0.5, 0.6) is 0 Å². The number of nitrogens with zero attached hydrogens (tertiary/aromatic N) is 2. The van der Waals surface area contributed by atoms with Gasteiger partial charge >= 0.3 is 5.97 Å². The molecule has 2 fully saturated rings. The minimum atomic E-state index is -0.726. The van der Waals surface area contributed by atoms with Gasteiger partial charge in [-0.3, -0.25) is 14.5 Å². The highest BCUT2D eigenvalue weighted by Crippen LogP contribution is 2.25. The van der Waals surface area contributed by atoms with Crippen LogP contribution in [0.4, 0.5) is 0 Å². The van der Waals surface area contributed by atoms with Gasteiger partial charge in [0.15, 0.2) is 0 Å². The lowest BCUT2D eigenvalue weighted by Gasteiger charge is -2.31. The van der Waals surface area contributed by atoms with Gasteiger partial charge in [0, 0.05) is 19.6 Å². The van der Waals surface area contributed by atoms with E-state index in [1.165, 1.54) is 25.7 Å². The molecule has 114 valence electrons. The number of likely N-dealkylation sites (N-methyl/N-ethyl adjacent to an activating group) is 1. The van der Waals surface area contributed by atoms with E-state index in [2.05, 4.69) is 4.90 Å². The lowest BCUT2D eigenvalue weighted by atomic mass is 9.97. The van der Waals surface area contributed by atoms with Crippen molar-refractivity contribution in [2.45, 2.75) is 38.5 Å². The Morgan fingerprint density at radius 1 is 1.15 bits per heavy atom. The Morgan fingerprint density at radius 3 is 2.30 bits per heavy atom. The van der Waals surface area contributed by atoms with Crippen LogP contribution in [0.25, 0.3) is 0 Å². The third kappa shape index (κ3) is 4.20. The van der Waals surface area contributed by atoms with Gasteiger partial charge < -0.3 is 10.0 Å². The maximum Gasteiger partial charge on any atom is 0.306 e. The molecule has 1 saturated heterocycles. The topological polar surface area (TPSA) is 60.9 Å². The van der Waals surface area contributed by atoms with Crippen LogP contribution >= 0.6 is 0 Å². The van der Waals surface area contributed by atoms with E-state index in [0.29, 0.717) is 32.5 Å². The SMILES string of the molecule is CN(CC(=O)N1CCC(C(=O)O)CC1)CC1CCCC1. The van der Waals surface area contributed by atoms with Crippen molar-refractivity contribution < 1.29 is 14.7 Å². The second-order valence-corrected chi connectivity index (χ2v) is 6.34.